The summed E-state index contributed by atoms with van der Waals surface area (Å²) in [5, 5.41) is 4.75. The second kappa shape index (κ2) is 7.05. The lowest BCUT2D eigenvalue weighted by molar-refractivity contribution is -0.141. The lowest BCUT2D eigenvalue weighted by atomic mass is 10.2. The van der Waals surface area contributed by atoms with Crippen LogP contribution in [0.1, 0.15) is 10.4 Å². The van der Waals surface area contributed by atoms with Crippen LogP contribution < -0.4 is 10.6 Å². The van der Waals surface area contributed by atoms with Gasteiger partial charge in [0.25, 0.3) is 5.91 Å². The molecule has 0 aliphatic heterocycles. The number of esters is 1. The Morgan fingerprint density at radius 3 is 2.33 bits per heavy atom. The van der Waals surface area contributed by atoms with E-state index in [0.717, 1.165) is 0 Å². The molecule has 0 heterocycles. The van der Waals surface area contributed by atoms with Crippen LogP contribution in [-0.4, -0.2) is 38.0 Å². The molecule has 0 unspecified atom stereocenters. The van der Waals surface area contributed by atoms with Gasteiger partial charge in [-0.1, -0.05) is 18.2 Å². The number of nitrogens with one attached hydrogen (secondary N) is 2. The molecule has 0 saturated carbocycles. The van der Waals surface area contributed by atoms with E-state index in [4.69, 9.17) is 0 Å². The molecule has 0 fully saturated rings. The monoisotopic (exact) mass is 250 g/mol. The van der Waals surface area contributed by atoms with Crippen LogP contribution in [0.5, 0.6) is 0 Å². The Bertz CT molecular complexity index is 431. The number of methoxy groups -OCH3 is 1. The van der Waals surface area contributed by atoms with Gasteiger partial charge in [0, 0.05) is 5.56 Å². The van der Waals surface area contributed by atoms with Crippen LogP contribution in [0, 0.1) is 0 Å². The van der Waals surface area contributed by atoms with Gasteiger partial charge >= 0.3 is 5.97 Å². The summed E-state index contributed by atoms with van der Waals surface area (Å²) in [5.41, 5.74) is 0.471. The predicted octanol–water partition coefficient (Wildman–Crippen LogP) is -0.294. The standard InChI is InChI=1S/C12H14N2O4/c1-18-11(16)8-13-10(15)7-14-12(17)9-5-3-2-4-6-9/h2-6H,7-8H2,1H3,(H,13,15)(H,14,17). The molecule has 0 aliphatic carbocycles. The van der Waals surface area contributed by atoms with Gasteiger partial charge in [0.1, 0.15) is 6.54 Å². The minimum atomic E-state index is -0.544. The van der Waals surface area contributed by atoms with Gasteiger partial charge < -0.3 is 15.4 Å². The lowest BCUT2D eigenvalue weighted by Crippen LogP contribution is -2.39. The molecule has 1 aromatic rings. The Morgan fingerprint density at radius 1 is 1.06 bits per heavy atom. The van der Waals surface area contributed by atoms with Crippen molar-refractivity contribution in [2.45, 2.75) is 0 Å². The molecule has 2 N–H and O–H groups in total. The number of hydrogen-bond donors (Lipinski definition) is 2. The molecule has 96 valence electrons. The largest absolute Gasteiger partial charge is 0.468 e. The van der Waals surface area contributed by atoms with E-state index in [1.54, 1.807) is 30.3 Å². The van der Waals surface area contributed by atoms with E-state index in [2.05, 4.69) is 15.4 Å². The highest BCUT2D eigenvalue weighted by atomic mass is 16.5. The van der Waals surface area contributed by atoms with Crippen molar-refractivity contribution in [3.8, 4) is 0 Å². The van der Waals surface area contributed by atoms with Crippen molar-refractivity contribution >= 4 is 17.8 Å². The molecule has 0 aliphatic rings. The molecular formula is C12H14N2O4. The van der Waals surface area contributed by atoms with Gasteiger partial charge in [-0.3, -0.25) is 14.4 Å². The van der Waals surface area contributed by atoms with E-state index in [1.807, 2.05) is 0 Å². The van der Waals surface area contributed by atoms with Crippen LogP contribution in [0.3, 0.4) is 0 Å². The summed E-state index contributed by atoms with van der Waals surface area (Å²) in [7, 11) is 1.23. The van der Waals surface area contributed by atoms with Crippen LogP contribution in [0.4, 0.5) is 0 Å². The predicted molar refractivity (Wildman–Crippen MR) is 63.8 cm³/mol. The van der Waals surface area contributed by atoms with Crippen molar-refractivity contribution in [3.05, 3.63) is 35.9 Å². The van der Waals surface area contributed by atoms with Crippen molar-refractivity contribution < 1.29 is 19.1 Å². The smallest absolute Gasteiger partial charge is 0.325 e. The second-order valence-electron chi connectivity index (χ2n) is 3.40. The highest BCUT2D eigenvalue weighted by Crippen LogP contribution is 1.96. The Morgan fingerprint density at radius 2 is 1.72 bits per heavy atom. The van der Waals surface area contributed by atoms with Crippen LogP contribution in [0.15, 0.2) is 30.3 Å². The van der Waals surface area contributed by atoms with E-state index < -0.39 is 11.9 Å². The zero-order chi connectivity index (χ0) is 13.4. The topological polar surface area (TPSA) is 84.5 Å². The molecule has 18 heavy (non-hydrogen) atoms. The van der Waals surface area contributed by atoms with Gasteiger partial charge in [0.05, 0.1) is 13.7 Å². The van der Waals surface area contributed by atoms with Crippen molar-refractivity contribution in [2.75, 3.05) is 20.2 Å². The van der Waals surface area contributed by atoms with Crippen molar-refractivity contribution in [1.29, 1.82) is 0 Å². The summed E-state index contributed by atoms with van der Waals surface area (Å²) in [6.07, 6.45) is 0. The van der Waals surface area contributed by atoms with E-state index in [1.165, 1.54) is 7.11 Å². The molecule has 2 amide bonds. The molecule has 0 atom stereocenters. The third kappa shape index (κ3) is 4.65. The summed E-state index contributed by atoms with van der Waals surface area (Å²) in [4.78, 5) is 33.6. The third-order valence-corrected chi connectivity index (χ3v) is 2.10. The summed E-state index contributed by atoms with van der Waals surface area (Å²) >= 11 is 0. The molecule has 0 radical (unpaired) electrons. The zero-order valence-corrected chi connectivity index (χ0v) is 9.93. The first-order valence-corrected chi connectivity index (χ1v) is 5.30. The van der Waals surface area contributed by atoms with Gasteiger partial charge in [-0.15, -0.1) is 0 Å². The fourth-order valence-electron chi connectivity index (χ4n) is 1.16. The average molecular weight is 250 g/mol. The number of rotatable bonds is 5. The van der Waals surface area contributed by atoms with Crippen LogP contribution in [-0.2, 0) is 14.3 Å². The molecule has 6 nitrogen and oxygen atoms in total. The van der Waals surface area contributed by atoms with E-state index in [0.29, 0.717) is 5.56 Å². The van der Waals surface area contributed by atoms with Gasteiger partial charge in [-0.2, -0.15) is 0 Å². The molecule has 0 saturated heterocycles. The quantitative estimate of drug-likeness (QED) is 0.703. The number of ether oxygens (including phenoxy) is 1. The third-order valence-electron chi connectivity index (χ3n) is 2.10. The molecule has 0 aromatic heterocycles. The minimum Gasteiger partial charge on any atom is -0.468 e. The number of benzene rings is 1. The number of carbonyl (C=O) groups excluding carboxylic acids is 3. The van der Waals surface area contributed by atoms with E-state index >= 15 is 0 Å². The maximum absolute atomic E-state index is 11.6. The van der Waals surface area contributed by atoms with Gasteiger partial charge in [-0.05, 0) is 12.1 Å². The lowest BCUT2D eigenvalue weighted by Gasteiger charge is -2.05. The Hall–Kier alpha value is -2.37. The molecule has 1 aromatic carbocycles. The fourth-order valence-corrected chi connectivity index (χ4v) is 1.16. The zero-order valence-electron chi connectivity index (χ0n) is 9.93. The first kappa shape index (κ1) is 13.7. The van der Waals surface area contributed by atoms with Crippen molar-refractivity contribution in [1.82, 2.24) is 10.6 Å². The molecule has 0 bridgehead atoms. The summed E-state index contributed by atoms with van der Waals surface area (Å²) in [6.45, 7) is -0.402. The Kier molecular flexibility index (Phi) is 5.37. The van der Waals surface area contributed by atoms with E-state index in [-0.39, 0.29) is 19.0 Å². The SMILES string of the molecule is COC(=O)CNC(=O)CNC(=O)c1ccccc1. The van der Waals surface area contributed by atoms with Crippen LogP contribution in [0.2, 0.25) is 0 Å². The molecule has 1 rings (SSSR count). The maximum Gasteiger partial charge on any atom is 0.325 e. The highest BCUT2D eigenvalue weighted by molar-refractivity contribution is 5.96. The van der Waals surface area contributed by atoms with E-state index in [9.17, 15) is 14.4 Å². The normalized spacial score (nSPS) is 9.39. The van der Waals surface area contributed by atoms with Gasteiger partial charge in [-0.25, -0.2) is 0 Å². The second-order valence-corrected chi connectivity index (χ2v) is 3.40. The highest BCUT2D eigenvalue weighted by Gasteiger charge is 2.08. The number of hydrogen-bond acceptors (Lipinski definition) is 4. The molecule has 0 spiro atoms. The van der Waals surface area contributed by atoms with Crippen LogP contribution in [0.25, 0.3) is 0 Å². The Balaban J connectivity index is 2.31. The van der Waals surface area contributed by atoms with Crippen molar-refractivity contribution in [3.63, 3.8) is 0 Å². The fraction of sp³-hybridized carbons (Fsp3) is 0.250. The number of amides is 2. The minimum absolute atomic E-state index is 0.190. The van der Waals surface area contributed by atoms with Gasteiger partial charge in [0.2, 0.25) is 5.91 Å². The molecule has 6 heteroatoms. The maximum atomic E-state index is 11.6. The molecular weight excluding hydrogens is 236 g/mol. The Labute approximate surface area is 104 Å². The summed E-state index contributed by atoms with van der Waals surface area (Å²) in [5.74, 6) is -1.34. The van der Waals surface area contributed by atoms with Crippen molar-refractivity contribution in [2.24, 2.45) is 0 Å². The summed E-state index contributed by atoms with van der Waals surface area (Å²) < 4.78 is 4.35. The average Bonchev–Trinajstić information content (AvgIpc) is 2.42. The van der Waals surface area contributed by atoms with Gasteiger partial charge in [0.15, 0.2) is 0 Å². The van der Waals surface area contributed by atoms with Crippen LogP contribution >= 0.6 is 0 Å². The summed E-state index contributed by atoms with van der Waals surface area (Å²) in [6, 6.07) is 8.53. The first-order valence-electron chi connectivity index (χ1n) is 5.30. The number of carbonyl (C=O) groups is 3. The first-order chi connectivity index (χ1) is 8.63.